The van der Waals surface area contributed by atoms with E-state index >= 15 is 0 Å². The van der Waals surface area contributed by atoms with E-state index in [-0.39, 0.29) is 11.3 Å². The first-order chi connectivity index (χ1) is 12.7. The number of halogens is 2. The summed E-state index contributed by atoms with van der Waals surface area (Å²) in [4.78, 5) is 28.6. The topological polar surface area (TPSA) is 88.5 Å². The van der Waals surface area contributed by atoms with Gasteiger partial charge >= 0.3 is 5.97 Å². The molecule has 27 heavy (non-hydrogen) atoms. The lowest BCUT2D eigenvalue weighted by molar-refractivity contribution is -0.119. The number of hydrogen-bond acceptors (Lipinski definition) is 6. The maximum atomic E-state index is 12.1. The highest BCUT2D eigenvalue weighted by atomic mass is 79.9. The third kappa shape index (κ3) is 4.48. The number of carbonyl (C=O) groups is 2. The van der Waals surface area contributed by atoms with Gasteiger partial charge < -0.3 is 9.84 Å². The number of benzene rings is 2. The molecule has 0 radical (unpaired) electrons. The highest BCUT2D eigenvalue weighted by Gasteiger charge is 2.18. The Bertz CT molecular complexity index is 1070. The summed E-state index contributed by atoms with van der Waals surface area (Å²) in [6.07, 6.45) is 0. The monoisotopic (exact) mass is 512 g/mol. The number of carbonyl (C=O) groups excluding carboxylic acids is 2. The van der Waals surface area contributed by atoms with Gasteiger partial charge in [-0.1, -0.05) is 33.3 Å². The largest absolute Gasteiger partial charge is 0.506 e. The zero-order chi connectivity index (χ0) is 19.7. The third-order valence-electron chi connectivity index (χ3n) is 3.66. The zero-order valence-electron chi connectivity index (χ0n) is 14.3. The molecule has 0 bridgehead atoms. The molecular formula is C18H14Br2N2O4S. The first kappa shape index (κ1) is 19.8. The van der Waals surface area contributed by atoms with Crippen LogP contribution < -0.4 is 5.32 Å². The van der Waals surface area contributed by atoms with Crippen LogP contribution in [0.1, 0.15) is 21.5 Å². The summed E-state index contributed by atoms with van der Waals surface area (Å²) in [6.45, 7) is 3.47. The van der Waals surface area contributed by atoms with Crippen LogP contribution >= 0.6 is 43.2 Å². The predicted octanol–water partition coefficient (Wildman–Crippen LogP) is 4.94. The minimum atomic E-state index is -0.805. The standard InChI is InChI=1S/C18H14Br2N2O4S/c1-8-3-9(2)15-13(4-8)27-18(22-15)21-14(23)7-26-17(25)11-5-10(19)6-12(20)16(11)24/h3-6,24H,7H2,1-2H3,(H,21,22,23). The fraction of sp³-hybridized carbons (Fsp3) is 0.167. The quantitative estimate of drug-likeness (QED) is 0.482. The second kappa shape index (κ2) is 7.95. The van der Waals surface area contributed by atoms with Crippen LogP contribution in [-0.4, -0.2) is 28.6 Å². The number of phenolic OH excluding ortho intramolecular Hbond substituents is 1. The molecule has 6 nitrogen and oxygen atoms in total. The number of thiazole rings is 1. The minimum Gasteiger partial charge on any atom is -0.506 e. The average molecular weight is 514 g/mol. The van der Waals surface area contributed by atoms with Crippen molar-refractivity contribution >= 4 is 70.4 Å². The van der Waals surface area contributed by atoms with Crippen molar-refractivity contribution in [1.29, 1.82) is 0 Å². The van der Waals surface area contributed by atoms with Crippen molar-refractivity contribution in [3.63, 3.8) is 0 Å². The highest BCUT2D eigenvalue weighted by molar-refractivity contribution is 9.11. The number of hydrogen-bond donors (Lipinski definition) is 2. The molecule has 140 valence electrons. The molecule has 0 saturated heterocycles. The average Bonchev–Trinajstić information content (AvgIpc) is 2.98. The number of aromatic hydroxyl groups is 1. The maximum Gasteiger partial charge on any atom is 0.342 e. The van der Waals surface area contributed by atoms with E-state index in [1.165, 1.54) is 17.4 Å². The van der Waals surface area contributed by atoms with Crippen LogP contribution in [0.25, 0.3) is 10.2 Å². The fourth-order valence-electron chi connectivity index (χ4n) is 2.51. The Labute approximate surface area is 175 Å². The van der Waals surface area contributed by atoms with Crippen LogP contribution in [0, 0.1) is 13.8 Å². The Kier molecular flexibility index (Phi) is 5.83. The molecule has 3 aromatic rings. The molecule has 1 amide bonds. The molecule has 2 aromatic carbocycles. The number of nitrogens with zero attached hydrogens (tertiary/aromatic N) is 1. The summed E-state index contributed by atoms with van der Waals surface area (Å²) < 4.78 is 6.90. The molecule has 0 unspecified atom stereocenters. The smallest absolute Gasteiger partial charge is 0.342 e. The fourth-order valence-corrected chi connectivity index (χ4v) is 4.79. The van der Waals surface area contributed by atoms with Gasteiger partial charge in [-0.05, 0) is 59.1 Å². The van der Waals surface area contributed by atoms with E-state index in [9.17, 15) is 14.7 Å². The molecule has 0 aliphatic rings. The van der Waals surface area contributed by atoms with Crippen LogP contribution in [0.5, 0.6) is 5.75 Å². The van der Waals surface area contributed by atoms with Crippen molar-refractivity contribution in [2.75, 3.05) is 11.9 Å². The summed E-state index contributed by atoms with van der Waals surface area (Å²) in [7, 11) is 0. The van der Waals surface area contributed by atoms with Crippen LogP contribution in [0.15, 0.2) is 33.2 Å². The van der Waals surface area contributed by atoms with Crippen molar-refractivity contribution in [1.82, 2.24) is 4.98 Å². The van der Waals surface area contributed by atoms with Crippen LogP contribution in [0.2, 0.25) is 0 Å². The number of rotatable bonds is 4. The second-order valence-corrected chi connectivity index (χ2v) is 8.66. The predicted molar refractivity (Wildman–Crippen MR) is 112 cm³/mol. The molecule has 0 aliphatic heterocycles. The van der Waals surface area contributed by atoms with Gasteiger partial charge in [0.25, 0.3) is 5.91 Å². The first-order valence-electron chi connectivity index (χ1n) is 7.77. The van der Waals surface area contributed by atoms with Gasteiger partial charge in [0, 0.05) is 4.47 Å². The Hall–Kier alpha value is -1.97. The molecule has 1 heterocycles. The van der Waals surface area contributed by atoms with E-state index in [0.717, 1.165) is 21.3 Å². The van der Waals surface area contributed by atoms with E-state index < -0.39 is 18.5 Å². The van der Waals surface area contributed by atoms with Gasteiger partial charge in [0.1, 0.15) is 11.3 Å². The molecule has 0 aliphatic carbocycles. The number of nitrogens with one attached hydrogen (secondary N) is 1. The molecule has 2 N–H and O–H groups in total. The van der Waals surface area contributed by atoms with Gasteiger partial charge in [-0.2, -0.15) is 0 Å². The summed E-state index contributed by atoms with van der Waals surface area (Å²) in [5.41, 5.74) is 2.94. The highest BCUT2D eigenvalue weighted by Crippen LogP contribution is 2.32. The van der Waals surface area contributed by atoms with Crippen molar-refractivity contribution in [3.05, 3.63) is 49.9 Å². The van der Waals surface area contributed by atoms with E-state index in [2.05, 4.69) is 42.2 Å². The van der Waals surface area contributed by atoms with Crippen LogP contribution in [0.4, 0.5) is 5.13 Å². The molecule has 1 aromatic heterocycles. The van der Waals surface area contributed by atoms with E-state index in [1.54, 1.807) is 6.07 Å². The van der Waals surface area contributed by atoms with Crippen molar-refractivity contribution in [2.45, 2.75) is 13.8 Å². The van der Waals surface area contributed by atoms with E-state index in [4.69, 9.17) is 4.74 Å². The normalized spacial score (nSPS) is 10.8. The summed E-state index contributed by atoms with van der Waals surface area (Å²) in [5.74, 6) is -1.56. The molecule has 0 spiro atoms. The van der Waals surface area contributed by atoms with E-state index in [1.807, 2.05) is 26.0 Å². The Morgan fingerprint density at radius 2 is 1.96 bits per heavy atom. The van der Waals surface area contributed by atoms with Crippen molar-refractivity contribution in [2.24, 2.45) is 0 Å². The molecule has 0 fully saturated rings. The van der Waals surface area contributed by atoms with Crippen molar-refractivity contribution < 1.29 is 19.4 Å². The van der Waals surface area contributed by atoms with Crippen LogP contribution in [-0.2, 0) is 9.53 Å². The minimum absolute atomic E-state index is 0.0462. The maximum absolute atomic E-state index is 12.1. The number of anilines is 1. The zero-order valence-corrected chi connectivity index (χ0v) is 18.3. The van der Waals surface area contributed by atoms with Gasteiger partial charge in [0.05, 0.1) is 14.7 Å². The summed E-state index contributed by atoms with van der Waals surface area (Å²) >= 11 is 7.73. The number of esters is 1. The van der Waals surface area contributed by atoms with Crippen molar-refractivity contribution in [3.8, 4) is 5.75 Å². The van der Waals surface area contributed by atoms with Gasteiger partial charge in [-0.15, -0.1) is 0 Å². The Morgan fingerprint density at radius 1 is 1.22 bits per heavy atom. The number of aromatic nitrogens is 1. The van der Waals surface area contributed by atoms with Crippen LogP contribution in [0.3, 0.4) is 0 Å². The van der Waals surface area contributed by atoms with Gasteiger partial charge in [0.2, 0.25) is 0 Å². The second-order valence-electron chi connectivity index (χ2n) is 5.86. The first-order valence-corrected chi connectivity index (χ1v) is 10.2. The van der Waals surface area contributed by atoms with E-state index in [0.29, 0.717) is 14.1 Å². The third-order valence-corrected chi connectivity index (χ3v) is 5.64. The lowest BCUT2D eigenvalue weighted by Gasteiger charge is -2.08. The molecular weight excluding hydrogens is 500 g/mol. The molecule has 3 rings (SSSR count). The van der Waals surface area contributed by atoms with Gasteiger partial charge in [0.15, 0.2) is 11.7 Å². The number of phenols is 1. The van der Waals surface area contributed by atoms with Gasteiger partial charge in [-0.25, -0.2) is 9.78 Å². The number of aryl methyl sites for hydroxylation is 2. The lowest BCUT2D eigenvalue weighted by Crippen LogP contribution is -2.21. The van der Waals surface area contributed by atoms with Gasteiger partial charge in [-0.3, -0.25) is 10.1 Å². The Balaban J connectivity index is 1.66. The number of amides is 1. The number of fused-ring (bicyclic) bond motifs is 1. The summed E-state index contributed by atoms with van der Waals surface area (Å²) in [6, 6.07) is 7.04. The molecule has 0 atom stereocenters. The molecule has 0 saturated carbocycles. The number of ether oxygens (including phenoxy) is 1. The Morgan fingerprint density at radius 3 is 2.70 bits per heavy atom. The molecule has 9 heteroatoms. The lowest BCUT2D eigenvalue weighted by atomic mass is 10.1. The SMILES string of the molecule is Cc1cc(C)c2nc(NC(=O)COC(=O)c3cc(Br)cc(Br)c3O)sc2c1. The summed E-state index contributed by atoms with van der Waals surface area (Å²) in [5, 5.41) is 13.0.